The average Bonchev–Trinajstić information content (AvgIpc) is 2.86. The molecule has 1 atom stereocenters. The molecular weight excluding hydrogens is 479 g/mol. The Labute approximate surface area is 214 Å². The van der Waals surface area contributed by atoms with Gasteiger partial charge in [0.1, 0.15) is 0 Å². The fraction of sp³-hybridized carbons (Fsp3) is 0.786. The van der Waals surface area contributed by atoms with Crippen LogP contribution in [-0.4, -0.2) is 25.8 Å². The van der Waals surface area contributed by atoms with Gasteiger partial charge in [0.2, 0.25) is 5.82 Å². The lowest BCUT2D eigenvalue weighted by molar-refractivity contribution is -0.403. The van der Waals surface area contributed by atoms with Crippen molar-refractivity contribution in [3.05, 3.63) is 34.6 Å². The van der Waals surface area contributed by atoms with Gasteiger partial charge in [-0.1, -0.05) is 64.7 Å². The van der Waals surface area contributed by atoms with Crippen molar-refractivity contribution in [2.75, 3.05) is 19.8 Å². The van der Waals surface area contributed by atoms with Crippen molar-refractivity contribution in [1.29, 1.82) is 0 Å². The maximum atomic E-state index is 13.9. The van der Waals surface area contributed by atoms with E-state index in [-0.39, 0.29) is 12.3 Å². The zero-order chi connectivity index (χ0) is 27.0. The quantitative estimate of drug-likeness (QED) is 0.0528. The number of halogens is 5. The highest BCUT2D eigenvalue weighted by molar-refractivity contribution is 5.24. The highest BCUT2D eigenvalue weighted by atomic mass is 19.2. The van der Waals surface area contributed by atoms with E-state index in [1.54, 1.807) is 0 Å². The minimum atomic E-state index is -2.12. The van der Waals surface area contributed by atoms with Gasteiger partial charge in [0.05, 0.1) is 0 Å². The summed E-state index contributed by atoms with van der Waals surface area (Å²) in [5, 5.41) is 0. The first-order chi connectivity index (χ1) is 17.3. The van der Waals surface area contributed by atoms with Crippen molar-refractivity contribution in [3.63, 3.8) is 0 Å². The molecule has 0 aliphatic carbocycles. The van der Waals surface area contributed by atoms with Crippen molar-refractivity contribution in [2.45, 2.75) is 117 Å². The van der Waals surface area contributed by atoms with Crippen molar-refractivity contribution in [1.82, 2.24) is 0 Å². The molecule has 0 N–H and O–H groups in total. The molecule has 0 aliphatic heterocycles. The van der Waals surface area contributed by atoms with E-state index in [0.29, 0.717) is 32.7 Å². The van der Waals surface area contributed by atoms with E-state index in [0.717, 1.165) is 38.5 Å². The zero-order valence-electron chi connectivity index (χ0n) is 22.5. The Bertz CT molecular complexity index is 698. The van der Waals surface area contributed by atoms with E-state index in [9.17, 15) is 22.0 Å². The summed E-state index contributed by atoms with van der Waals surface area (Å²) in [4.78, 5) is 0. The molecule has 0 spiro atoms. The maximum absolute atomic E-state index is 13.9. The van der Waals surface area contributed by atoms with Gasteiger partial charge in [0, 0.05) is 31.3 Å². The molecule has 1 unspecified atom stereocenters. The molecule has 36 heavy (non-hydrogen) atoms. The maximum Gasteiger partial charge on any atom is 0.285 e. The third-order valence-electron chi connectivity index (χ3n) is 6.47. The Morgan fingerprint density at radius 1 is 0.528 bits per heavy atom. The van der Waals surface area contributed by atoms with Gasteiger partial charge in [-0.25, -0.2) is 22.0 Å². The summed E-state index contributed by atoms with van der Waals surface area (Å²) in [5.74, 6) is -10.4. The lowest BCUT2D eigenvalue weighted by atomic mass is 9.91. The van der Waals surface area contributed by atoms with E-state index < -0.39 is 40.6 Å². The molecule has 0 amide bonds. The van der Waals surface area contributed by atoms with Gasteiger partial charge in [-0.15, -0.1) is 0 Å². The normalized spacial score (nSPS) is 12.9. The van der Waals surface area contributed by atoms with Crippen LogP contribution in [0.15, 0.2) is 0 Å². The monoisotopic (exact) mass is 524 g/mol. The molecule has 8 heteroatoms. The predicted molar refractivity (Wildman–Crippen MR) is 132 cm³/mol. The van der Waals surface area contributed by atoms with E-state index in [4.69, 9.17) is 14.2 Å². The zero-order valence-corrected chi connectivity index (χ0v) is 22.5. The topological polar surface area (TPSA) is 27.7 Å². The summed E-state index contributed by atoms with van der Waals surface area (Å²) in [6.45, 7) is 9.29. The van der Waals surface area contributed by atoms with Gasteiger partial charge in [-0.2, -0.15) is 0 Å². The summed E-state index contributed by atoms with van der Waals surface area (Å²) in [7, 11) is 0. The minimum Gasteiger partial charge on any atom is -0.328 e. The molecule has 0 saturated carbocycles. The van der Waals surface area contributed by atoms with Crippen LogP contribution in [0, 0.1) is 35.0 Å². The molecule has 1 aromatic rings. The first-order valence-electron chi connectivity index (χ1n) is 13.7. The lowest BCUT2D eigenvalue weighted by Gasteiger charge is -2.39. The van der Waals surface area contributed by atoms with Crippen LogP contribution in [0.5, 0.6) is 0 Å². The number of ether oxygens (including phenoxy) is 3. The summed E-state index contributed by atoms with van der Waals surface area (Å²) >= 11 is 0. The van der Waals surface area contributed by atoms with Gasteiger partial charge in [-0.3, -0.25) is 0 Å². The minimum absolute atomic E-state index is 0.0266. The fourth-order valence-electron chi connectivity index (χ4n) is 4.67. The highest BCUT2D eigenvalue weighted by Gasteiger charge is 2.41. The Hall–Kier alpha value is -1.25. The third-order valence-corrected chi connectivity index (χ3v) is 6.47. The molecule has 0 heterocycles. The molecule has 1 aromatic carbocycles. The summed E-state index contributed by atoms with van der Waals surface area (Å²) in [6, 6.07) is 0. The average molecular weight is 525 g/mol. The molecule has 1 rings (SSSR count). The standard InChI is InChI=1S/C28H45F5O3/c1-5-9-10-11-12-15-18-21(28(34-6-2,35-7-3)36-8-4)19-16-13-14-17-20-22-23(29)25(31)27(33)26(32)24(22)30/h21H,5-20H2,1-4H3. The Balaban J connectivity index is 2.70. The van der Waals surface area contributed by atoms with Crippen molar-refractivity contribution in [2.24, 2.45) is 5.92 Å². The molecule has 0 fully saturated rings. The Kier molecular flexibility index (Phi) is 16.5. The number of benzene rings is 1. The highest BCUT2D eigenvalue weighted by Crippen LogP contribution is 2.35. The van der Waals surface area contributed by atoms with Gasteiger partial charge in [0.25, 0.3) is 5.97 Å². The largest absolute Gasteiger partial charge is 0.328 e. The second kappa shape index (κ2) is 18.1. The van der Waals surface area contributed by atoms with Gasteiger partial charge in [-0.05, 0) is 46.5 Å². The van der Waals surface area contributed by atoms with Crippen LogP contribution in [-0.2, 0) is 20.6 Å². The second-order valence-corrected chi connectivity index (χ2v) is 9.16. The first-order valence-corrected chi connectivity index (χ1v) is 13.7. The first kappa shape index (κ1) is 32.8. The lowest BCUT2D eigenvalue weighted by Crippen LogP contribution is -2.46. The van der Waals surface area contributed by atoms with Crippen LogP contribution in [0.25, 0.3) is 0 Å². The Morgan fingerprint density at radius 3 is 1.36 bits per heavy atom. The van der Waals surface area contributed by atoms with Crippen LogP contribution in [0.3, 0.4) is 0 Å². The number of unbranched alkanes of at least 4 members (excludes halogenated alkanes) is 8. The van der Waals surface area contributed by atoms with Crippen molar-refractivity contribution in [3.8, 4) is 0 Å². The third kappa shape index (κ3) is 9.90. The van der Waals surface area contributed by atoms with Crippen molar-refractivity contribution < 1.29 is 36.2 Å². The molecular formula is C28H45F5O3. The van der Waals surface area contributed by atoms with Crippen LogP contribution in [0.2, 0.25) is 0 Å². The fourth-order valence-corrected chi connectivity index (χ4v) is 4.67. The van der Waals surface area contributed by atoms with Gasteiger partial charge >= 0.3 is 0 Å². The summed E-state index contributed by atoms with van der Waals surface area (Å²) < 4.78 is 85.9. The molecule has 0 bridgehead atoms. The molecule has 0 saturated heterocycles. The number of rotatable bonds is 21. The molecule has 210 valence electrons. The SMILES string of the molecule is CCCCCCCCC(CCCCCCc1c(F)c(F)c(F)c(F)c1F)C(OCC)(OCC)OCC. The van der Waals surface area contributed by atoms with E-state index in [2.05, 4.69) is 6.92 Å². The van der Waals surface area contributed by atoms with Gasteiger partial charge in [0.15, 0.2) is 23.3 Å². The van der Waals surface area contributed by atoms with E-state index in [1.807, 2.05) is 20.8 Å². The van der Waals surface area contributed by atoms with Crippen molar-refractivity contribution >= 4 is 0 Å². The number of hydrogen-bond donors (Lipinski definition) is 0. The van der Waals surface area contributed by atoms with E-state index >= 15 is 0 Å². The van der Waals surface area contributed by atoms with Crippen LogP contribution >= 0.6 is 0 Å². The van der Waals surface area contributed by atoms with Gasteiger partial charge < -0.3 is 14.2 Å². The Morgan fingerprint density at radius 2 is 0.917 bits per heavy atom. The molecule has 0 aromatic heterocycles. The smallest absolute Gasteiger partial charge is 0.285 e. The van der Waals surface area contributed by atoms with E-state index in [1.165, 1.54) is 25.7 Å². The van der Waals surface area contributed by atoms with Crippen LogP contribution < -0.4 is 0 Å². The molecule has 0 radical (unpaired) electrons. The molecule has 3 nitrogen and oxygen atoms in total. The number of hydrogen-bond acceptors (Lipinski definition) is 3. The van der Waals surface area contributed by atoms with Crippen LogP contribution in [0.4, 0.5) is 22.0 Å². The van der Waals surface area contributed by atoms with Crippen LogP contribution in [0.1, 0.15) is 110 Å². The summed E-state index contributed by atoms with van der Waals surface area (Å²) in [5.41, 5.74) is -0.740. The molecule has 0 aliphatic rings. The predicted octanol–water partition coefficient (Wildman–Crippen LogP) is 9.01. The summed E-state index contributed by atoms with van der Waals surface area (Å²) in [6.07, 6.45) is 11.0. The second-order valence-electron chi connectivity index (χ2n) is 9.16.